The molecule has 3 fully saturated rings. The highest BCUT2D eigenvalue weighted by Gasteiger charge is 2.73. The highest BCUT2D eigenvalue weighted by atomic mass is 79.9. The number of hydrogen-bond acceptors (Lipinski definition) is 8. The third-order valence-electron chi connectivity index (χ3n) is 9.44. The van der Waals surface area contributed by atoms with Crippen LogP contribution in [0.15, 0.2) is 23.8 Å². The predicted molar refractivity (Wildman–Crippen MR) is 134 cm³/mol. The number of aliphatic hydroxyl groups is 1. The summed E-state index contributed by atoms with van der Waals surface area (Å²) in [5.41, 5.74) is -1.46. The average molecular weight is 569 g/mol. The lowest BCUT2D eigenvalue weighted by Crippen LogP contribution is -2.68. The maximum absolute atomic E-state index is 13.7. The van der Waals surface area contributed by atoms with Gasteiger partial charge in [0.2, 0.25) is 5.78 Å². The molecule has 0 spiro atoms. The molecule has 4 aliphatic rings. The quantitative estimate of drug-likeness (QED) is 0.195. The van der Waals surface area contributed by atoms with Crippen LogP contribution in [-0.2, 0) is 33.3 Å². The Kier molecular flexibility index (Phi) is 7.72. The number of rotatable bonds is 9. The maximum Gasteiger partial charge on any atom is 0.303 e. The molecular formula is C27H37BrO8. The van der Waals surface area contributed by atoms with Crippen LogP contribution in [0.2, 0.25) is 0 Å². The van der Waals surface area contributed by atoms with Crippen LogP contribution in [0.3, 0.4) is 0 Å². The first kappa shape index (κ1) is 27.6. The predicted octanol–water partition coefficient (Wildman–Crippen LogP) is 3.29. The minimum absolute atomic E-state index is 0.0232. The average Bonchev–Trinajstić information content (AvgIpc) is 3.11. The zero-order valence-corrected chi connectivity index (χ0v) is 23.1. The summed E-state index contributed by atoms with van der Waals surface area (Å²) in [4.78, 5) is 37.3. The minimum atomic E-state index is -1.26. The number of Topliss-reactive ketones (excluding diaryl/α,β-unsaturated/α-hetero) is 1. The van der Waals surface area contributed by atoms with E-state index >= 15 is 0 Å². The molecule has 8 nitrogen and oxygen atoms in total. The number of allylic oxidation sites excluding steroid dienone is 4. The number of carbonyl (C=O) groups is 3. The third-order valence-corrected chi connectivity index (χ3v) is 11.4. The van der Waals surface area contributed by atoms with E-state index in [0.29, 0.717) is 26.1 Å². The van der Waals surface area contributed by atoms with Crippen molar-refractivity contribution in [1.29, 1.82) is 0 Å². The van der Waals surface area contributed by atoms with Crippen molar-refractivity contribution >= 4 is 33.5 Å². The van der Waals surface area contributed by atoms with Gasteiger partial charge in [0, 0.05) is 24.9 Å². The van der Waals surface area contributed by atoms with Crippen molar-refractivity contribution in [2.45, 2.75) is 68.9 Å². The summed E-state index contributed by atoms with van der Waals surface area (Å²) in [6.45, 7) is 5.61. The molecule has 0 unspecified atom stereocenters. The molecule has 4 rings (SSSR count). The van der Waals surface area contributed by atoms with Gasteiger partial charge in [-0.1, -0.05) is 41.4 Å². The molecular weight excluding hydrogens is 532 g/mol. The van der Waals surface area contributed by atoms with Crippen LogP contribution in [0.25, 0.3) is 0 Å². The van der Waals surface area contributed by atoms with Crippen molar-refractivity contribution in [3.05, 3.63) is 23.8 Å². The number of hydrogen-bond donors (Lipinski definition) is 1. The molecule has 0 heterocycles. The van der Waals surface area contributed by atoms with Crippen LogP contribution in [0, 0.1) is 22.7 Å². The number of esters is 1. The number of ether oxygens (including phenoxy) is 4. The Hall–Kier alpha value is -1.39. The lowest BCUT2D eigenvalue weighted by Gasteiger charge is -2.64. The Morgan fingerprint density at radius 2 is 1.94 bits per heavy atom. The van der Waals surface area contributed by atoms with Crippen molar-refractivity contribution in [2.24, 2.45) is 22.7 Å². The Bertz CT molecular complexity index is 977. The molecule has 0 aromatic rings. The lowest BCUT2D eigenvalue weighted by atomic mass is 9.46. The fraction of sp³-hybridized carbons (Fsp3) is 0.741. The molecule has 0 amide bonds. The Morgan fingerprint density at radius 3 is 2.64 bits per heavy atom. The number of halogens is 1. The Morgan fingerprint density at radius 1 is 1.19 bits per heavy atom. The van der Waals surface area contributed by atoms with Crippen molar-refractivity contribution in [1.82, 2.24) is 0 Å². The Labute approximate surface area is 220 Å². The molecule has 0 radical (unpaired) electrons. The van der Waals surface area contributed by atoms with Crippen LogP contribution in [0.5, 0.6) is 0 Å². The van der Waals surface area contributed by atoms with Gasteiger partial charge in [0.15, 0.2) is 12.4 Å². The molecule has 4 aliphatic carbocycles. The number of ketones is 2. The number of alkyl halides is 1. The van der Waals surface area contributed by atoms with Gasteiger partial charge in [-0.15, -0.1) is 0 Å². The van der Waals surface area contributed by atoms with Crippen molar-refractivity contribution in [2.75, 3.05) is 33.7 Å². The number of methoxy groups -OCH3 is 1. The fourth-order valence-electron chi connectivity index (χ4n) is 7.60. The van der Waals surface area contributed by atoms with Crippen LogP contribution in [0.4, 0.5) is 0 Å². The first-order chi connectivity index (χ1) is 17.0. The van der Waals surface area contributed by atoms with Crippen LogP contribution in [0.1, 0.15) is 52.9 Å². The van der Waals surface area contributed by atoms with E-state index in [4.69, 9.17) is 18.9 Å². The summed E-state index contributed by atoms with van der Waals surface area (Å²) in [7, 11) is 1.58. The zero-order chi connectivity index (χ0) is 26.4. The van der Waals surface area contributed by atoms with Crippen LogP contribution < -0.4 is 0 Å². The normalized spacial score (nSPS) is 41.2. The summed E-state index contributed by atoms with van der Waals surface area (Å²) >= 11 is 4.04. The summed E-state index contributed by atoms with van der Waals surface area (Å²) < 4.78 is 21.3. The maximum atomic E-state index is 13.7. The van der Waals surface area contributed by atoms with Gasteiger partial charge >= 0.3 is 5.97 Å². The van der Waals surface area contributed by atoms with Gasteiger partial charge in [0.05, 0.1) is 23.6 Å². The summed E-state index contributed by atoms with van der Waals surface area (Å²) in [6.07, 6.45) is 7.44. The van der Waals surface area contributed by atoms with E-state index in [0.717, 1.165) is 24.8 Å². The minimum Gasteiger partial charge on any atom is -0.458 e. The van der Waals surface area contributed by atoms with E-state index in [1.807, 2.05) is 13.0 Å². The Balaban J connectivity index is 1.69. The smallest absolute Gasteiger partial charge is 0.303 e. The molecule has 1 N–H and O–H groups in total. The monoisotopic (exact) mass is 568 g/mol. The van der Waals surface area contributed by atoms with Crippen LogP contribution in [-0.4, -0.2) is 72.4 Å². The molecule has 3 saturated carbocycles. The highest BCUT2D eigenvalue weighted by Crippen LogP contribution is 2.71. The molecule has 0 aliphatic heterocycles. The molecule has 7 atom stereocenters. The van der Waals surface area contributed by atoms with E-state index in [1.54, 1.807) is 19.3 Å². The highest BCUT2D eigenvalue weighted by molar-refractivity contribution is 9.10. The number of aliphatic hydroxyl groups excluding tert-OH is 1. The second kappa shape index (κ2) is 10.1. The van der Waals surface area contributed by atoms with Gasteiger partial charge in [-0.25, -0.2) is 0 Å². The number of fused-ring (bicyclic) bond motifs is 5. The zero-order valence-electron chi connectivity index (χ0n) is 21.5. The van der Waals surface area contributed by atoms with E-state index in [2.05, 4.69) is 22.9 Å². The van der Waals surface area contributed by atoms with Gasteiger partial charge in [-0.05, 0) is 56.1 Å². The van der Waals surface area contributed by atoms with Gasteiger partial charge in [-0.2, -0.15) is 0 Å². The van der Waals surface area contributed by atoms with Crippen molar-refractivity contribution < 1.29 is 38.4 Å². The van der Waals surface area contributed by atoms with Crippen LogP contribution >= 0.6 is 15.9 Å². The first-order valence-electron chi connectivity index (χ1n) is 12.6. The standard InChI is InChI=1S/C27H37BrO8/c1-17(29)35-15-23(32)26(36-16-34-12-11-33-4)10-8-20-21-6-5-18-13-19(30)7-9-24(18,2)27(21,28)22(31)14-25(20,26)3/h7,9,13,20-22,31H,5-6,8,10-12,14-16H2,1-4H3/t20-,21-,22-,24-,25-,26-,27-/m0/s1. The van der Waals surface area contributed by atoms with E-state index in [9.17, 15) is 19.5 Å². The lowest BCUT2D eigenvalue weighted by molar-refractivity contribution is -0.215. The summed E-state index contributed by atoms with van der Waals surface area (Å²) in [6, 6.07) is 0. The van der Waals surface area contributed by atoms with Gasteiger partial charge in [-0.3, -0.25) is 14.4 Å². The summed E-state index contributed by atoms with van der Waals surface area (Å²) in [5.74, 6) is -0.767. The second-order valence-electron chi connectivity index (χ2n) is 11.0. The molecule has 0 aromatic carbocycles. The molecule has 9 heteroatoms. The second-order valence-corrected chi connectivity index (χ2v) is 12.3. The molecule has 0 saturated heterocycles. The van der Waals surface area contributed by atoms with Gasteiger partial charge < -0.3 is 24.1 Å². The van der Waals surface area contributed by atoms with Gasteiger partial charge in [0.1, 0.15) is 12.4 Å². The van der Waals surface area contributed by atoms with Crippen molar-refractivity contribution in [3.8, 4) is 0 Å². The third kappa shape index (κ3) is 4.06. The molecule has 0 bridgehead atoms. The molecule has 36 heavy (non-hydrogen) atoms. The van der Waals surface area contributed by atoms with E-state index < -0.39 is 32.8 Å². The fourth-order valence-corrected chi connectivity index (χ4v) is 8.70. The van der Waals surface area contributed by atoms with Gasteiger partial charge in [0.25, 0.3) is 0 Å². The topological polar surface area (TPSA) is 108 Å². The largest absolute Gasteiger partial charge is 0.458 e. The number of carbonyl (C=O) groups excluding carboxylic acids is 3. The molecule has 0 aromatic heterocycles. The van der Waals surface area contributed by atoms with E-state index in [-0.39, 0.29) is 36.8 Å². The molecule has 200 valence electrons. The SMILES string of the molecule is COCCOCO[C@]1(C(=O)COC(C)=O)CC[C@H]2[C@@H]3CCC4=CC(=O)C=C[C@]4(C)[C@@]3(Br)[C@@H](O)C[C@@]21C. The summed E-state index contributed by atoms with van der Waals surface area (Å²) in [5, 5.41) is 11.8. The van der Waals surface area contributed by atoms with Crippen molar-refractivity contribution in [3.63, 3.8) is 0 Å². The first-order valence-corrected chi connectivity index (χ1v) is 13.4. The van der Waals surface area contributed by atoms with E-state index in [1.165, 1.54) is 6.92 Å².